The van der Waals surface area contributed by atoms with Crippen LogP contribution >= 0.6 is 11.3 Å². The third-order valence-corrected chi connectivity index (χ3v) is 5.70. The van der Waals surface area contributed by atoms with E-state index in [9.17, 15) is 14.3 Å². The van der Waals surface area contributed by atoms with Crippen molar-refractivity contribution in [2.45, 2.75) is 19.3 Å². The van der Waals surface area contributed by atoms with E-state index < -0.39 is 5.95 Å². The number of fused-ring (bicyclic) bond motifs is 1. The lowest BCUT2D eigenvalue weighted by Gasteiger charge is -2.22. The molecule has 0 aliphatic rings. The molecule has 3 heterocycles. The average Bonchev–Trinajstić information content (AvgIpc) is 3.15. The molecule has 0 saturated carbocycles. The molecule has 0 aliphatic carbocycles. The number of carbonyl (C=O) groups excluding carboxylic acids is 1. The van der Waals surface area contributed by atoms with Crippen LogP contribution in [-0.2, 0) is 5.41 Å². The fraction of sp³-hybridized carbons (Fsp3) is 0.182. The van der Waals surface area contributed by atoms with Crippen LogP contribution in [0.3, 0.4) is 0 Å². The fourth-order valence-corrected chi connectivity index (χ4v) is 3.76. The zero-order valence-corrected chi connectivity index (χ0v) is 17.2. The molecule has 6 nitrogen and oxygen atoms in total. The van der Waals surface area contributed by atoms with E-state index >= 15 is 0 Å². The Balaban J connectivity index is 1.54. The van der Waals surface area contributed by atoms with Gasteiger partial charge in [0.25, 0.3) is 5.91 Å². The number of hydrogen-bond acceptors (Lipinski definition) is 6. The number of rotatable bonds is 5. The van der Waals surface area contributed by atoms with E-state index in [1.807, 2.05) is 26.0 Å². The summed E-state index contributed by atoms with van der Waals surface area (Å²) in [6.45, 7) is 3.89. The maximum Gasteiger partial charge on any atom is 0.257 e. The van der Waals surface area contributed by atoms with Crippen molar-refractivity contribution in [3.05, 3.63) is 71.8 Å². The van der Waals surface area contributed by atoms with E-state index in [0.717, 1.165) is 5.56 Å². The van der Waals surface area contributed by atoms with Crippen molar-refractivity contribution in [3.63, 3.8) is 0 Å². The van der Waals surface area contributed by atoms with Crippen LogP contribution in [0.1, 0.15) is 29.8 Å². The summed E-state index contributed by atoms with van der Waals surface area (Å²) in [5, 5.41) is 12.7. The first-order valence-corrected chi connectivity index (χ1v) is 10.1. The molecule has 30 heavy (non-hydrogen) atoms. The molecule has 0 spiro atoms. The van der Waals surface area contributed by atoms with Gasteiger partial charge in [0, 0.05) is 28.8 Å². The number of aliphatic hydroxyl groups is 1. The van der Waals surface area contributed by atoms with Gasteiger partial charge >= 0.3 is 0 Å². The zero-order chi connectivity index (χ0) is 21.3. The summed E-state index contributed by atoms with van der Waals surface area (Å²) in [6, 6.07) is 13.7. The predicted octanol–water partition coefficient (Wildman–Crippen LogP) is 4.41. The van der Waals surface area contributed by atoms with Gasteiger partial charge in [-0.3, -0.25) is 10.1 Å². The second kappa shape index (κ2) is 7.89. The van der Waals surface area contributed by atoms with Gasteiger partial charge in [0.15, 0.2) is 5.13 Å². The summed E-state index contributed by atoms with van der Waals surface area (Å²) in [5.74, 6) is -0.848. The first-order valence-electron chi connectivity index (χ1n) is 9.28. The number of hydrogen-bond donors (Lipinski definition) is 2. The predicted molar refractivity (Wildman–Crippen MR) is 115 cm³/mol. The van der Waals surface area contributed by atoms with Gasteiger partial charge in [0.05, 0.1) is 12.3 Å². The summed E-state index contributed by atoms with van der Waals surface area (Å²) >= 11 is 1.25. The van der Waals surface area contributed by atoms with E-state index in [4.69, 9.17) is 0 Å². The minimum atomic E-state index is -0.569. The number of thiazole rings is 1. The van der Waals surface area contributed by atoms with Crippen molar-refractivity contribution in [2.75, 3.05) is 11.9 Å². The maximum atomic E-state index is 13.4. The molecule has 4 aromatic rings. The lowest BCUT2D eigenvalue weighted by Crippen LogP contribution is -2.22. The summed E-state index contributed by atoms with van der Waals surface area (Å²) in [4.78, 5) is 25.7. The number of amides is 1. The molecule has 1 aromatic carbocycles. The van der Waals surface area contributed by atoms with Crippen molar-refractivity contribution in [3.8, 4) is 11.3 Å². The molecule has 0 aliphatic heterocycles. The standard InChI is InChI=1S/C22H19FN4O2S/c1-22(2,12-28)15-5-3-13(4-6-15)19(29)27-21-26-17-8-7-16(25-20(17)30-21)14-9-10-24-18(23)11-14/h3-11,28H,12H2,1-2H3,(H,26,27,29). The Kier molecular flexibility index (Phi) is 5.27. The van der Waals surface area contributed by atoms with E-state index in [1.54, 1.807) is 30.3 Å². The SMILES string of the molecule is CC(C)(CO)c1ccc(C(=O)Nc2nc3ccc(-c4ccnc(F)c4)nc3s2)cc1. The van der Waals surface area contributed by atoms with E-state index in [0.29, 0.717) is 32.3 Å². The Bertz CT molecular complexity index is 1220. The smallest absolute Gasteiger partial charge is 0.257 e. The molecular formula is C22H19FN4O2S. The fourth-order valence-electron chi connectivity index (χ4n) is 2.93. The Morgan fingerprint density at radius 2 is 1.90 bits per heavy atom. The highest BCUT2D eigenvalue weighted by atomic mass is 32.1. The number of pyridine rings is 2. The summed E-state index contributed by atoms with van der Waals surface area (Å²) in [7, 11) is 0. The molecule has 0 atom stereocenters. The topological polar surface area (TPSA) is 88.0 Å². The van der Waals surface area contributed by atoms with Crippen LogP contribution in [0.15, 0.2) is 54.7 Å². The monoisotopic (exact) mass is 422 g/mol. The normalized spacial score (nSPS) is 11.6. The van der Waals surface area contributed by atoms with Gasteiger partial charge in [-0.2, -0.15) is 4.39 Å². The molecule has 0 bridgehead atoms. The lowest BCUT2D eigenvalue weighted by atomic mass is 9.85. The van der Waals surface area contributed by atoms with Crippen LogP contribution in [0.25, 0.3) is 21.6 Å². The Labute approximate surface area is 176 Å². The molecule has 0 saturated heterocycles. The van der Waals surface area contributed by atoms with Crippen LogP contribution in [0, 0.1) is 5.95 Å². The highest BCUT2D eigenvalue weighted by Gasteiger charge is 2.20. The number of nitrogens with one attached hydrogen (secondary N) is 1. The molecule has 0 fully saturated rings. The number of halogens is 1. The van der Waals surface area contributed by atoms with Crippen molar-refractivity contribution in [1.29, 1.82) is 0 Å². The molecule has 3 aromatic heterocycles. The molecule has 152 valence electrons. The molecule has 8 heteroatoms. The number of benzene rings is 1. The molecule has 4 rings (SSSR count). The van der Waals surface area contributed by atoms with Gasteiger partial charge in [-0.25, -0.2) is 15.0 Å². The van der Waals surface area contributed by atoms with Crippen molar-refractivity contribution >= 4 is 32.7 Å². The van der Waals surface area contributed by atoms with Crippen molar-refractivity contribution < 1.29 is 14.3 Å². The Hall–Kier alpha value is -3.23. The molecule has 1 amide bonds. The molecule has 0 radical (unpaired) electrons. The Morgan fingerprint density at radius 3 is 2.60 bits per heavy atom. The number of aromatic nitrogens is 3. The van der Waals surface area contributed by atoms with Gasteiger partial charge < -0.3 is 5.11 Å². The minimum absolute atomic E-state index is 0.0192. The zero-order valence-electron chi connectivity index (χ0n) is 16.4. The average molecular weight is 422 g/mol. The summed E-state index contributed by atoms with van der Waals surface area (Å²) in [6.07, 6.45) is 1.39. The molecular weight excluding hydrogens is 403 g/mol. The van der Waals surface area contributed by atoms with Crippen LogP contribution in [0.2, 0.25) is 0 Å². The molecule has 2 N–H and O–H groups in total. The largest absolute Gasteiger partial charge is 0.395 e. The first kappa shape index (κ1) is 20.1. The van der Waals surface area contributed by atoms with Gasteiger partial charge in [-0.05, 0) is 35.9 Å². The van der Waals surface area contributed by atoms with Gasteiger partial charge in [-0.15, -0.1) is 0 Å². The number of anilines is 1. The van der Waals surface area contributed by atoms with Gasteiger partial charge in [0.1, 0.15) is 10.3 Å². The number of aliphatic hydroxyl groups excluding tert-OH is 1. The van der Waals surface area contributed by atoms with E-state index in [1.165, 1.54) is 23.6 Å². The third-order valence-electron chi connectivity index (χ3n) is 4.82. The quantitative estimate of drug-likeness (QED) is 0.465. The van der Waals surface area contributed by atoms with Crippen LogP contribution in [-0.4, -0.2) is 32.6 Å². The third kappa shape index (κ3) is 4.05. The lowest BCUT2D eigenvalue weighted by molar-refractivity contribution is 0.102. The van der Waals surface area contributed by atoms with Crippen LogP contribution in [0.5, 0.6) is 0 Å². The highest BCUT2D eigenvalue weighted by Crippen LogP contribution is 2.28. The molecule has 0 unspecified atom stereocenters. The second-order valence-corrected chi connectivity index (χ2v) is 8.46. The Morgan fingerprint density at radius 1 is 1.13 bits per heavy atom. The highest BCUT2D eigenvalue weighted by molar-refractivity contribution is 7.22. The van der Waals surface area contributed by atoms with E-state index in [-0.39, 0.29) is 17.9 Å². The van der Waals surface area contributed by atoms with Gasteiger partial charge in [0.2, 0.25) is 5.95 Å². The number of carbonyl (C=O) groups is 1. The van der Waals surface area contributed by atoms with Gasteiger partial charge in [-0.1, -0.05) is 37.3 Å². The minimum Gasteiger partial charge on any atom is -0.395 e. The first-order chi connectivity index (χ1) is 14.4. The summed E-state index contributed by atoms with van der Waals surface area (Å²) < 4.78 is 13.4. The van der Waals surface area contributed by atoms with Crippen molar-refractivity contribution in [1.82, 2.24) is 15.0 Å². The van der Waals surface area contributed by atoms with Crippen LogP contribution in [0.4, 0.5) is 9.52 Å². The summed E-state index contributed by atoms with van der Waals surface area (Å²) in [5.41, 5.74) is 2.94. The van der Waals surface area contributed by atoms with E-state index in [2.05, 4.69) is 20.3 Å². The van der Waals surface area contributed by atoms with Crippen molar-refractivity contribution in [2.24, 2.45) is 0 Å². The second-order valence-electron chi connectivity index (χ2n) is 7.48. The van der Waals surface area contributed by atoms with Crippen LogP contribution < -0.4 is 5.32 Å². The maximum absolute atomic E-state index is 13.4. The number of nitrogens with zero attached hydrogens (tertiary/aromatic N) is 3.